The van der Waals surface area contributed by atoms with Gasteiger partial charge in [0.05, 0.1) is 10.9 Å². The van der Waals surface area contributed by atoms with Gasteiger partial charge < -0.3 is 0 Å². The number of pyridine rings is 1. The van der Waals surface area contributed by atoms with Crippen molar-refractivity contribution in [2.45, 2.75) is 63.7 Å². The van der Waals surface area contributed by atoms with Crippen LogP contribution in [0.2, 0.25) is 0 Å². The molecule has 0 aliphatic carbocycles. The molecule has 4 aromatic carbocycles. The van der Waals surface area contributed by atoms with Crippen LogP contribution in [0.4, 0.5) is 0 Å². The average Bonchev–Trinajstić information content (AvgIpc) is 2.82. The topological polar surface area (TPSA) is 3.88 Å². The normalized spacial score (nSPS) is 13.3. The highest BCUT2D eigenvalue weighted by Crippen LogP contribution is 2.53. The van der Waals surface area contributed by atoms with Gasteiger partial charge in [-0.2, -0.15) is 0 Å². The van der Waals surface area contributed by atoms with Crippen LogP contribution >= 0.6 is 11.8 Å². The highest BCUT2D eigenvalue weighted by molar-refractivity contribution is 8.00. The van der Waals surface area contributed by atoms with E-state index < -0.39 is 0 Å². The Hall–Kier alpha value is -2.84. The fourth-order valence-electron chi connectivity index (χ4n) is 5.87. The molecule has 0 atom stereocenters. The van der Waals surface area contributed by atoms with Crippen molar-refractivity contribution in [2.75, 3.05) is 0 Å². The Kier molecular flexibility index (Phi) is 5.06. The van der Waals surface area contributed by atoms with Gasteiger partial charge >= 0.3 is 0 Å². The number of benzene rings is 4. The SMILES string of the molecule is Cc1c2c(c(CC(C)(C)C)c3ccccc13)Sc1cc3ccc(C(C)C)cc3c3cc[n+](C)c-2c13. The largest absolute Gasteiger partial charge is 0.222 e. The Morgan fingerprint density at radius 2 is 1.63 bits per heavy atom. The zero-order valence-corrected chi connectivity index (χ0v) is 22.7. The lowest BCUT2D eigenvalue weighted by molar-refractivity contribution is -0.659. The lowest BCUT2D eigenvalue weighted by atomic mass is 9.83. The first-order chi connectivity index (χ1) is 16.6. The maximum absolute atomic E-state index is 2.43. The second-order valence-electron chi connectivity index (χ2n) is 11.8. The number of fused-ring (bicyclic) bond motifs is 5. The summed E-state index contributed by atoms with van der Waals surface area (Å²) in [5.41, 5.74) is 7.29. The van der Waals surface area contributed by atoms with E-state index in [1.165, 1.54) is 70.1 Å². The van der Waals surface area contributed by atoms with Crippen LogP contribution in [-0.4, -0.2) is 0 Å². The summed E-state index contributed by atoms with van der Waals surface area (Å²) in [5, 5.41) is 8.27. The van der Waals surface area contributed by atoms with Crippen molar-refractivity contribution in [1.82, 2.24) is 0 Å². The minimum atomic E-state index is 0.206. The third kappa shape index (κ3) is 3.49. The first kappa shape index (κ1) is 22.6. The van der Waals surface area contributed by atoms with Gasteiger partial charge in [0.15, 0.2) is 6.20 Å². The van der Waals surface area contributed by atoms with E-state index in [4.69, 9.17) is 0 Å². The van der Waals surface area contributed by atoms with Gasteiger partial charge in [0, 0.05) is 21.2 Å². The molecule has 1 aliphatic rings. The molecule has 0 spiro atoms. The molecule has 0 amide bonds. The molecule has 0 saturated carbocycles. The predicted octanol–water partition coefficient (Wildman–Crippen LogP) is 9.12. The number of rotatable bonds is 2. The first-order valence-electron chi connectivity index (χ1n) is 12.8. The van der Waals surface area contributed by atoms with Gasteiger partial charge in [-0.1, -0.05) is 88.8 Å². The van der Waals surface area contributed by atoms with E-state index in [0.717, 1.165) is 6.42 Å². The Morgan fingerprint density at radius 1 is 0.886 bits per heavy atom. The van der Waals surface area contributed by atoms with E-state index in [-0.39, 0.29) is 5.41 Å². The minimum absolute atomic E-state index is 0.206. The molecule has 0 N–H and O–H groups in total. The van der Waals surface area contributed by atoms with Crippen molar-refractivity contribution in [3.05, 3.63) is 77.5 Å². The molecule has 35 heavy (non-hydrogen) atoms. The van der Waals surface area contributed by atoms with E-state index in [0.29, 0.717) is 5.92 Å². The molecule has 1 aromatic heterocycles. The zero-order valence-electron chi connectivity index (χ0n) is 21.9. The maximum atomic E-state index is 2.43. The third-order valence-corrected chi connectivity index (χ3v) is 8.78. The second-order valence-corrected chi connectivity index (χ2v) is 12.8. The summed E-state index contributed by atoms with van der Waals surface area (Å²) in [6.45, 7) is 14.0. The summed E-state index contributed by atoms with van der Waals surface area (Å²) < 4.78 is 2.35. The molecule has 176 valence electrons. The summed E-state index contributed by atoms with van der Waals surface area (Å²) in [6.07, 6.45) is 3.32. The van der Waals surface area contributed by atoms with E-state index in [9.17, 15) is 0 Å². The highest BCUT2D eigenvalue weighted by atomic mass is 32.2. The number of nitrogens with zero attached hydrogens (tertiary/aromatic N) is 1. The fraction of sp³-hybridized carbons (Fsp3) is 0.303. The molecular formula is C33H34NS+. The van der Waals surface area contributed by atoms with E-state index in [2.05, 4.69) is 114 Å². The van der Waals surface area contributed by atoms with Gasteiger partial charge in [0.1, 0.15) is 7.05 Å². The van der Waals surface area contributed by atoms with Gasteiger partial charge in [-0.3, -0.25) is 0 Å². The minimum Gasteiger partial charge on any atom is -0.200 e. The van der Waals surface area contributed by atoms with Crippen LogP contribution in [0.3, 0.4) is 0 Å². The molecule has 2 heteroatoms. The molecule has 6 rings (SSSR count). The Labute approximate surface area is 213 Å². The molecule has 0 bridgehead atoms. The van der Waals surface area contributed by atoms with Gasteiger partial charge in [0.25, 0.3) is 0 Å². The van der Waals surface area contributed by atoms with Crippen molar-refractivity contribution in [3.63, 3.8) is 0 Å². The molecule has 5 aromatic rings. The van der Waals surface area contributed by atoms with Crippen molar-refractivity contribution >= 4 is 44.1 Å². The Bertz CT molecular complexity index is 1670. The highest BCUT2D eigenvalue weighted by Gasteiger charge is 2.33. The van der Waals surface area contributed by atoms with Crippen molar-refractivity contribution in [1.29, 1.82) is 0 Å². The molecule has 0 unspecified atom stereocenters. The van der Waals surface area contributed by atoms with Crippen molar-refractivity contribution in [3.8, 4) is 11.3 Å². The first-order valence-corrected chi connectivity index (χ1v) is 13.6. The summed E-state index contributed by atoms with van der Waals surface area (Å²) in [6, 6.07) is 20.8. The van der Waals surface area contributed by atoms with Crippen molar-refractivity contribution in [2.24, 2.45) is 12.5 Å². The van der Waals surface area contributed by atoms with Gasteiger partial charge in [-0.15, -0.1) is 0 Å². The third-order valence-electron chi connectivity index (χ3n) is 7.58. The van der Waals surface area contributed by atoms with Gasteiger partial charge in [-0.05, 0) is 69.0 Å². The quantitative estimate of drug-likeness (QED) is 0.178. The van der Waals surface area contributed by atoms with Crippen LogP contribution in [0.5, 0.6) is 0 Å². The second kappa shape index (κ2) is 7.83. The number of aromatic nitrogens is 1. The lowest BCUT2D eigenvalue weighted by Crippen LogP contribution is -2.32. The molecular weight excluding hydrogens is 442 g/mol. The van der Waals surface area contributed by atoms with Crippen LogP contribution in [0.15, 0.2) is 70.6 Å². The summed E-state index contributed by atoms with van der Waals surface area (Å²) in [4.78, 5) is 2.83. The lowest BCUT2D eigenvalue weighted by Gasteiger charge is -2.28. The molecule has 0 saturated heterocycles. The van der Waals surface area contributed by atoms with Crippen LogP contribution in [0.1, 0.15) is 57.2 Å². The Balaban J connectivity index is 1.78. The monoisotopic (exact) mass is 476 g/mol. The van der Waals surface area contributed by atoms with E-state index in [1.807, 2.05) is 11.8 Å². The van der Waals surface area contributed by atoms with Crippen molar-refractivity contribution < 1.29 is 4.57 Å². The van der Waals surface area contributed by atoms with Crippen LogP contribution in [-0.2, 0) is 13.5 Å². The smallest absolute Gasteiger partial charge is 0.200 e. The number of hydrogen-bond acceptors (Lipinski definition) is 1. The number of aryl methyl sites for hydroxylation is 2. The van der Waals surface area contributed by atoms with Gasteiger partial charge in [0.2, 0.25) is 5.69 Å². The van der Waals surface area contributed by atoms with Gasteiger partial charge in [-0.25, -0.2) is 4.57 Å². The standard InChI is InChI=1S/C33H34NS/c1-19(2)21-12-13-22-17-28-30-25(26(22)16-21)14-15-34(7)31(30)29-20(3)23-10-8-9-11-24(23)27(32(29)35-28)18-33(4,5)6/h8-17,19H,18H2,1-7H3/q+1. The van der Waals surface area contributed by atoms with Crippen LogP contribution < -0.4 is 4.57 Å². The maximum Gasteiger partial charge on any atom is 0.222 e. The van der Waals surface area contributed by atoms with Crippen LogP contribution in [0, 0.1) is 12.3 Å². The van der Waals surface area contributed by atoms with E-state index >= 15 is 0 Å². The van der Waals surface area contributed by atoms with E-state index in [1.54, 1.807) is 0 Å². The predicted molar refractivity (Wildman–Crippen MR) is 152 cm³/mol. The molecule has 1 aliphatic heterocycles. The summed E-state index contributed by atoms with van der Waals surface area (Å²) in [5.74, 6) is 0.519. The molecule has 2 heterocycles. The summed E-state index contributed by atoms with van der Waals surface area (Å²) in [7, 11) is 2.21. The fourth-order valence-corrected chi connectivity index (χ4v) is 7.25. The zero-order chi connectivity index (χ0) is 24.6. The molecule has 0 radical (unpaired) electrons. The molecule has 0 fully saturated rings. The average molecular weight is 477 g/mol. The Morgan fingerprint density at radius 3 is 2.34 bits per heavy atom. The van der Waals surface area contributed by atoms with Crippen LogP contribution in [0.25, 0.3) is 43.6 Å². The number of hydrogen-bond donors (Lipinski definition) is 0. The summed E-state index contributed by atoms with van der Waals surface area (Å²) >= 11 is 1.99. The molecule has 1 nitrogen and oxygen atoms in total.